The van der Waals surface area contributed by atoms with Crippen LogP contribution < -0.4 is 5.73 Å². The molecule has 0 bridgehead atoms. The lowest BCUT2D eigenvalue weighted by Gasteiger charge is -2.30. The third-order valence-electron chi connectivity index (χ3n) is 4.69. The van der Waals surface area contributed by atoms with Gasteiger partial charge >= 0.3 is 0 Å². The van der Waals surface area contributed by atoms with Crippen molar-refractivity contribution < 1.29 is 4.79 Å². The average Bonchev–Trinajstić information content (AvgIpc) is 3.06. The van der Waals surface area contributed by atoms with Crippen molar-refractivity contribution in [1.29, 1.82) is 0 Å². The normalized spacial score (nSPS) is 28.1. The Balaban J connectivity index is 1.90. The van der Waals surface area contributed by atoms with E-state index in [1.807, 2.05) is 4.90 Å². The Bertz CT molecular complexity index is 304. The van der Waals surface area contributed by atoms with E-state index in [9.17, 15) is 4.79 Å². The second-order valence-corrected chi connectivity index (χ2v) is 7.23. The second-order valence-electron chi connectivity index (χ2n) is 7.23. The van der Waals surface area contributed by atoms with Gasteiger partial charge in [-0.2, -0.15) is 0 Å². The fourth-order valence-corrected chi connectivity index (χ4v) is 3.02. The summed E-state index contributed by atoms with van der Waals surface area (Å²) in [7, 11) is 0. The van der Waals surface area contributed by atoms with Gasteiger partial charge in [-0.05, 0) is 42.9 Å². The summed E-state index contributed by atoms with van der Waals surface area (Å²) < 4.78 is 0. The summed E-state index contributed by atoms with van der Waals surface area (Å²) >= 11 is 0. The average molecular weight is 252 g/mol. The number of rotatable bonds is 3. The monoisotopic (exact) mass is 252 g/mol. The largest absolute Gasteiger partial charge is 0.341 e. The molecule has 2 rings (SSSR count). The molecule has 2 atom stereocenters. The number of amides is 1. The summed E-state index contributed by atoms with van der Waals surface area (Å²) in [5.41, 5.74) is 6.46. The highest BCUT2D eigenvalue weighted by atomic mass is 16.2. The minimum Gasteiger partial charge on any atom is -0.341 e. The van der Waals surface area contributed by atoms with E-state index in [0.717, 1.165) is 25.9 Å². The molecule has 3 nitrogen and oxygen atoms in total. The Morgan fingerprint density at radius 3 is 2.50 bits per heavy atom. The highest BCUT2D eigenvalue weighted by molar-refractivity contribution is 5.76. The van der Waals surface area contributed by atoms with E-state index in [0.29, 0.717) is 29.6 Å². The first-order valence-electron chi connectivity index (χ1n) is 7.41. The van der Waals surface area contributed by atoms with Crippen LogP contribution in [-0.2, 0) is 4.79 Å². The molecule has 0 aromatic carbocycles. The fourth-order valence-electron chi connectivity index (χ4n) is 3.02. The molecule has 2 unspecified atom stereocenters. The molecule has 0 radical (unpaired) electrons. The van der Waals surface area contributed by atoms with Crippen LogP contribution in [0.1, 0.15) is 52.9 Å². The topological polar surface area (TPSA) is 46.3 Å². The van der Waals surface area contributed by atoms with Gasteiger partial charge in [-0.3, -0.25) is 4.79 Å². The van der Waals surface area contributed by atoms with Crippen molar-refractivity contribution >= 4 is 5.91 Å². The summed E-state index contributed by atoms with van der Waals surface area (Å²) in [6.07, 6.45) is 5.39. The molecule has 3 heteroatoms. The predicted molar refractivity (Wildman–Crippen MR) is 74.1 cm³/mol. The lowest BCUT2D eigenvalue weighted by Crippen LogP contribution is -2.42. The first kappa shape index (κ1) is 13.9. The van der Waals surface area contributed by atoms with E-state index >= 15 is 0 Å². The molecule has 1 aliphatic carbocycles. The highest BCUT2D eigenvalue weighted by Crippen LogP contribution is 2.35. The number of carbonyl (C=O) groups excluding carboxylic acids is 1. The van der Waals surface area contributed by atoms with E-state index in [-0.39, 0.29) is 6.04 Å². The van der Waals surface area contributed by atoms with Crippen molar-refractivity contribution in [3.05, 3.63) is 0 Å². The molecule has 1 aliphatic heterocycles. The Kier molecular flexibility index (Phi) is 4.00. The number of hydrogen-bond acceptors (Lipinski definition) is 2. The third-order valence-corrected chi connectivity index (χ3v) is 4.69. The van der Waals surface area contributed by atoms with Gasteiger partial charge in [-0.15, -0.1) is 0 Å². The van der Waals surface area contributed by atoms with E-state index < -0.39 is 0 Å². The zero-order valence-corrected chi connectivity index (χ0v) is 12.1. The quantitative estimate of drug-likeness (QED) is 0.838. The summed E-state index contributed by atoms with van der Waals surface area (Å²) in [6, 6.07) is 0.208. The van der Waals surface area contributed by atoms with Gasteiger partial charge in [0.15, 0.2) is 0 Å². The van der Waals surface area contributed by atoms with E-state index in [1.54, 1.807) is 0 Å². The standard InChI is InChI=1S/C15H28N2O/c1-15(2,3)12-6-7-14(18)17(9-8-12)10-13(16)11-4-5-11/h11-13H,4-10,16H2,1-3H3. The van der Waals surface area contributed by atoms with Gasteiger partial charge in [0.1, 0.15) is 0 Å². The number of hydrogen-bond donors (Lipinski definition) is 1. The molecule has 0 aromatic heterocycles. The van der Waals surface area contributed by atoms with Gasteiger partial charge in [0.25, 0.3) is 0 Å². The molecule has 2 N–H and O–H groups in total. The van der Waals surface area contributed by atoms with Gasteiger partial charge in [-0.25, -0.2) is 0 Å². The zero-order chi connectivity index (χ0) is 13.3. The molecule has 18 heavy (non-hydrogen) atoms. The van der Waals surface area contributed by atoms with Crippen molar-refractivity contribution in [3.8, 4) is 0 Å². The number of carbonyl (C=O) groups is 1. The Morgan fingerprint density at radius 1 is 1.28 bits per heavy atom. The molecule has 1 saturated heterocycles. The Morgan fingerprint density at radius 2 is 1.94 bits per heavy atom. The Hall–Kier alpha value is -0.570. The van der Waals surface area contributed by atoms with Crippen molar-refractivity contribution in [2.75, 3.05) is 13.1 Å². The van der Waals surface area contributed by atoms with Crippen LogP contribution >= 0.6 is 0 Å². The number of nitrogens with zero attached hydrogens (tertiary/aromatic N) is 1. The van der Waals surface area contributed by atoms with Crippen molar-refractivity contribution in [2.24, 2.45) is 23.0 Å². The molecule has 1 heterocycles. The first-order chi connectivity index (χ1) is 8.38. The first-order valence-corrected chi connectivity index (χ1v) is 7.41. The summed E-state index contributed by atoms with van der Waals surface area (Å²) in [4.78, 5) is 14.2. The SMILES string of the molecule is CC(C)(C)C1CCC(=O)N(CC(N)C2CC2)CC1. The van der Waals surface area contributed by atoms with Crippen molar-refractivity contribution in [3.63, 3.8) is 0 Å². The van der Waals surface area contributed by atoms with Crippen molar-refractivity contribution in [1.82, 2.24) is 4.90 Å². The van der Waals surface area contributed by atoms with Gasteiger partial charge in [-0.1, -0.05) is 20.8 Å². The predicted octanol–water partition coefficient (Wildman–Crippen LogP) is 2.40. The molecular weight excluding hydrogens is 224 g/mol. The summed E-state index contributed by atoms with van der Waals surface area (Å²) in [5.74, 6) is 1.65. The van der Waals surface area contributed by atoms with Crippen LogP contribution in [0.25, 0.3) is 0 Å². The van der Waals surface area contributed by atoms with Crippen LogP contribution in [0.2, 0.25) is 0 Å². The van der Waals surface area contributed by atoms with E-state index in [4.69, 9.17) is 5.73 Å². The minimum atomic E-state index is 0.208. The van der Waals surface area contributed by atoms with Crippen LogP contribution in [0.3, 0.4) is 0 Å². The number of likely N-dealkylation sites (tertiary alicyclic amines) is 1. The maximum Gasteiger partial charge on any atom is 0.222 e. The van der Waals surface area contributed by atoms with Crippen LogP contribution in [0.15, 0.2) is 0 Å². The molecule has 1 saturated carbocycles. The zero-order valence-electron chi connectivity index (χ0n) is 12.1. The lowest BCUT2D eigenvalue weighted by atomic mass is 9.77. The smallest absolute Gasteiger partial charge is 0.222 e. The van der Waals surface area contributed by atoms with Crippen LogP contribution in [0.4, 0.5) is 0 Å². The van der Waals surface area contributed by atoms with Crippen LogP contribution in [-0.4, -0.2) is 29.9 Å². The summed E-state index contributed by atoms with van der Waals surface area (Å²) in [6.45, 7) is 8.54. The molecule has 2 aliphatic rings. The maximum atomic E-state index is 12.1. The van der Waals surface area contributed by atoms with Gasteiger partial charge in [0, 0.05) is 25.6 Å². The third kappa shape index (κ3) is 3.47. The van der Waals surface area contributed by atoms with Gasteiger partial charge in [0.05, 0.1) is 0 Å². The lowest BCUT2D eigenvalue weighted by molar-refractivity contribution is -0.131. The fraction of sp³-hybridized carbons (Fsp3) is 0.933. The van der Waals surface area contributed by atoms with E-state index in [1.165, 1.54) is 12.8 Å². The molecule has 0 spiro atoms. The summed E-state index contributed by atoms with van der Waals surface area (Å²) in [5, 5.41) is 0. The molecular formula is C15H28N2O. The van der Waals surface area contributed by atoms with Gasteiger partial charge < -0.3 is 10.6 Å². The minimum absolute atomic E-state index is 0.208. The molecule has 0 aromatic rings. The highest BCUT2D eigenvalue weighted by Gasteiger charge is 2.33. The number of nitrogens with two attached hydrogens (primary N) is 1. The van der Waals surface area contributed by atoms with Crippen LogP contribution in [0.5, 0.6) is 0 Å². The second kappa shape index (κ2) is 5.20. The molecule has 2 fully saturated rings. The van der Waals surface area contributed by atoms with E-state index in [2.05, 4.69) is 20.8 Å². The molecule has 1 amide bonds. The van der Waals surface area contributed by atoms with Crippen molar-refractivity contribution in [2.45, 2.75) is 58.9 Å². The van der Waals surface area contributed by atoms with Gasteiger partial charge in [0.2, 0.25) is 5.91 Å². The van der Waals surface area contributed by atoms with Crippen LogP contribution in [0, 0.1) is 17.3 Å². The Labute approximate surface area is 111 Å². The maximum absolute atomic E-state index is 12.1. The molecule has 104 valence electrons.